The largest absolute Gasteiger partial charge is 0.472 e. The molecule has 0 fully saturated rings. The monoisotopic (exact) mass is 1400 g/mol. The fourth-order valence-corrected chi connectivity index (χ4v) is 13.1. The van der Waals surface area contributed by atoms with Gasteiger partial charge in [-0.1, -0.05) is 331 Å². The number of rotatable bonds is 73. The maximum atomic E-state index is 13.1. The van der Waals surface area contributed by atoms with E-state index < -0.39 is 97.5 Å². The van der Waals surface area contributed by atoms with Crippen LogP contribution in [0.5, 0.6) is 0 Å². The highest BCUT2D eigenvalue weighted by Crippen LogP contribution is 2.45. The lowest BCUT2D eigenvalue weighted by molar-refractivity contribution is -0.161. The third-order valence-electron chi connectivity index (χ3n) is 17.9. The molecule has 0 aliphatic heterocycles. The predicted octanol–water partition coefficient (Wildman–Crippen LogP) is 22.0. The van der Waals surface area contributed by atoms with Crippen molar-refractivity contribution >= 4 is 39.5 Å². The van der Waals surface area contributed by atoms with E-state index in [2.05, 4.69) is 55.4 Å². The van der Waals surface area contributed by atoms with E-state index in [0.717, 1.165) is 114 Å². The summed E-state index contributed by atoms with van der Waals surface area (Å²) >= 11 is 0. The third kappa shape index (κ3) is 69.0. The van der Waals surface area contributed by atoms with Crippen LogP contribution in [0.2, 0.25) is 0 Å². The number of esters is 4. The maximum absolute atomic E-state index is 13.1. The van der Waals surface area contributed by atoms with Gasteiger partial charge in [-0.05, 0) is 49.4 Å². The zero-order valence-electron chi connectivity index (χ0n) is 62.3. The minimum Gasteiger partial charge on any atom is -0.462 e. The van der Waals surface area contributed by atoms with Crippen LogP contribution in [0.4, 0.5) is 0 Å². The van der Waals surface area contributed by atoms with Crippen molar-refractivity contribution in [1.82, 2.24) is 0 Å². The first kappa shape index (κ1) is 93.1. The standard InChI is InChI=1S/C76H148O17P2/c1-9-69(8)55-47-39-31-25-26-34-43-51-59-76(81)93-71(62-86-73(78)56-48-40-32-24-20-22-29-37-45-53-67(4)5)64-90-94(82,83)88-60-70(77)61-89-95(84,85)91-65-72(63-87-74(79)57-49-41-35-27-30-38-46-54-68(6)7)92-75(80)58-50-42-33-23-19-17-15-13-11-10-12-14-16-18-21-28-36-44-52-66(2)3/h66-72,77H,9-65H2,1-8H3,(H,82,83)(H,84,85)/t69?,70?,71-,72-/m1/s1. The minimum atomic E-state index is -4.96. The van der Waals surface area contributed by atoms with Crippen LogP contribution in [0, 0.1) is 23.7 Å². The average molecular weight is 1400 g/mol. The molecule has 6 atom stereocenters. The lowest BCUT2D eigenvalue weighted by Crippen LogP contribution is -2.30. The molecule has 95 heavy (non-hydrogen) atoms. The molecule has 0 rings (SSSR count). The molecule has 0 bridgehead atoms. The molecule has 0 aromatic rings. The first-order valence-corrected chi connectivity index (χ1v) is 42.2. The van der Waals surface area contributed by atoms with Crippen LogP contribution >= 0.6 is 15.6 Å². The fourth-order valence-electron chi connectivity index (χ4n) is 11.5. The van der Waals surface area contributed by atoms with Crippen molar-refractivity contribution in [3.63, 3.8) is 0 Å². The van der Waals surface area contributed by atoms with Crippen LogP contribution in [0.25, 0.3) is 0 Å². The molecule has 0 saturated heterocycles. The predicted molar refractivity (Wildman–Crippen MR) is 386 cm³/mol. The number of unbranched alkanes of at least 4 members (excludes halogenated alkanes) is 38. The number of hydrogen-bond acceptors (Lipinski definition) is 15. The van der Waals surface area contributed by atoms with Crippen LogP contribution in [-0.2, 0) is 65.4 Å². The molecule has 17 nitrogen and oxygen atoms in total. The summed E-state index contributed by atoms with van der Waals surface area (Å²) in [6.07, 6.45) is 50.1. The van der Waals surface area contributed by atoms with Crippen molar-refractivity contribution in [1.29, 1.82) is 0 Å². The normalized spacial score (nSPS) is 14.4. The maximum Gasteiger partial charge on any atom is 0.472 e. The van der Waals surface area contributed by atoms with Gasteiger partial charge in [-0.3, -0.25) is 37.3 Å². The fraction of sp³-hybridized carbons (Fsp3) is 0.947. The Morgan fingerprint density at radius 1 is 0.295 bits per heavy atom. The van der Waals surface area contributed by atoms with Gasteiger partial charge in [-0.15, -0.1) is 0 Å². The summed E-state index contributed by atoms with van der Waals surface area (Å²) in [5.41, 5.74) is 0. The average Bonchev–Trinajstić information content (AvgIpc) is 2.12. The highest BCUT2D eigenvalue weighted by Gasteiger charge is 2.30. The number of carbonyl (C=O) groups excluding carboxylic acids is 4. The molecule has 0 aliphatic rings. The summed E-state index contributed by atoms with van der Waals surface area (Å²) in [4.78, 5) is 72.7. The molecule has 0 saturated carbocycles. The number of hydrogen-bond donors (Lipinski definition) is 3. The van der Waals surface area contributed by atoms with Gasteiger partial charge in [0.15, 0.2) is 12.2 Å². The van der Waals surface area contributed by atoms with Gasteiger partial charge in [0.2, 0.25) is 0 Å². The van der Waals surface area contributed by atoms with Crippen LogP contribution in [0.3, 0.4) is 0 Å². The Morgan fingerprint density at radius 3 is 0.747 bits per heavy atom. The van der Waals surface area contributed by atoms with Gasteiger partial charge < -0.3 is 33.8 Å². The van der Waals surface area contributed by atoms with Gasteiger partial charge in [0, 0.05) is 25.7 Å². The molecular formula is C76H148O17P2. The van der Waals surface area contributed by atoms with Gasteiger partial charge >= 0.3 is 39.5 Å². The van der Waals surface area contributed by atoms with Crippen molar-refractivity contribution in [3.05, 3.63) is 0 Å². The van der Waals surface area contributed by atoms with E-state index in [4.69, 9.17) is 37.0 Å². The summed E-state index contributed by atoms with van der Waals surface area (Å²) in [6.45, 7) is 14.2. The molecule has 4 unspecified atom stereocenters. The number of aliphatic hydroxyl groups is 1. The quantitative estimate of drug-likeness (QED) is 0.0222. The van der Waals surface area contributed by atoms with Crippen molar-refractivity contribution in [2.45, 2.75) is 401 Å². The highest BCUT2D eigenvalue weighted by atomic mass is 31.2. The second kappa shape index (κ2) is 65.4. The minimum absolute atomic E-state index is 0.104. The number of ether oxygens (including phenoxy) is 4. The van der Waals surface area contributed by atoms with E-state index in [1.165, 1.54) is 180 Å². The Bertz CT molecular complexity index is 1870. The zero-order valence-corrected chi connectivity index (χ0v) is 64.1. The lowest BCUT2D eigenvalue weighted by atomic mass is 9.99. The van der Waals surface area contributed by atoms with E-state index in [0.29, 0.717) is 31.6 Å². The Hall–Kier alpha value is -1.94. The molecule has 3 N–H and O–H groups in total. The first-order chi connectivity index (χ1) is 45.6. The summed E-state index contributed by atoms with van der Waals surface area (Å²) in [5, 5.41) is 10.6. The molecule has 0 aromatic carbocycles. The Kier molecular flexibility index (Phi) is 64.0. The number of phosphoric acid groups is 2. The Morgan fingerprint density at radius 2 is 0.505 bits per heavy atom. The Balaban J connectivity index is 5.19. The Labute approximate surface area is 581 Å². The van der Waals surface area contributed by atoms with E-state index in [1.807, 2.05) is 0 Å². The van der Waals surface area contributed by atoms with Crippen molar-refractivity contribution in [2.24, 2.45) is 23.7 Å². The molecule has 0 radical (unpaired) electrons. The lowest BCUT2D eigenvalue weighted by Gasteiger charge is -2.21. The van der Waals surface area contributed by atoms with Crippen LogP contribution in [-0.4, -0.2) is 96.7 Å². The van der Waals surface area contributed by atoms with Gasteiger partial charge in [-0.25, -0.2) is 9.13 Å². The van der Waals surface area contributed by atoms with E-state index in [-0.39, 0.29) is 25.7 Å². The van der Waals surface area contributed by atoms with Crippen LogP contribution in [0.15, 0.2) is 0 Å². The summed E-state index contributed by atoms with van der Waals surface area (Å²) in [5.74, 6) is 0.914. The number of aliphatic hydroxyl groups excluding tert-OH is 1. The molecular weight excluding hydrogens is 1250 g/mol. The summed E-state index contributed by atoms with van der Waals surface area (Å²) < 4.78 is 68.5. The molecule has 0 spiro atoms. The van der Waals surface area contributed by atoms with E-state index in [9.17, 15) is 43.2 Å². The SMILES string of the molecule is CCC(C)CCCCCCCCCCC(=O)O[C@H](COC(=O)CCCCCCCCCCCC(C)C)COP(=O)(O)OCC(O)COP(=O)(O)OC[C@@H](COC(=O)CCCCCCCCCC(C)C)OC(=O)CCCCCCCCCCCCCCCCCCCCC(C)C. The van der Waals surface area contributed by atoms with E-state index in [1.54, 1.807) is 0 Å². The summed E-state index contributed by atoms with van der Waals surface area (Å²) in [6, 6.07) is 0. The molecule has 19 heteroatoms. The van der Waals surface area contributed by atoms with Crippen molar-refractivity contribution < 1.29 is 80.2 Å². The van der Waals surface area contributed by atoms with Crippen LogP contribution in [0.1, 0.15) is 383 Å². The van der Waals surface area contributed by atoms with Gasteiger partial charge in [0.05, 0.1) is 26.4 Å². The van der Waals surface area contributed by atoms with Gasteiger partial charge in [0.1, 0.15) is 19.3 Å². The topological polar surface area (TPSA) is 237 Å². The molecule has 0 amide bonds. The number of carbonyl (C=O) groups is 4. The third-order valence-corrected chi connectivity index (χ3v) is 19.8. The highest BCUT2D eigenvalue weighted by molar-refractivity contribution is 7.47. The number of phosphoric ester groups is 2. The molecule has 564 valence electrons. The zero-order chi connectivity index (χ0) is 70.3. The van der Waals surface area contributed by atoms with Crippen LogP contribution < -0.4 is 0 Å². The van der Waals surface area contributed by atoms with Crippen molar-refractivity contribution in [3.8, 4) is 0 Å². The van der Waals surface area contributed by atoms with Gasteiger partial charge in [-0.2, -0.15) is 0 Å². The summed E-state index contributed by atoms with van der Waals surface area (Å²) in [7, 11) is -9.91. The molecule has 0 heterocycles. The smallest absolute Gasteiger partial charge is 0.462 e. The van der Waals surface area contributed by atoms with Gasteiger partial charge in [0.25, 0.3) is 0 Å². The first-order valence-electron chi connectivity index (χ1n) is 39.2. The second-order valence-electron chi connectivity index (χ2n) is 29.1. The molecule has 0 aromatic heterocycles. The van der Waals surface area contributed by atoms with Crippen molar-refractivity contribution in [2.75, 3.05) is 39.6 Å². The second-order valence-corrected chi connectivity index (χ2v) is 32.0. The van der Waals surface area contributed by atoms with E-state index >= 15 is 0 Å². The molecule has 0 aliphatic carbocycles.